The Morgan fingerprint density at radius 1 is 1.61 bits per heavy atom. The van der Waals surface area contributed by atoms with Crippen molar-refractivity contribution in [2.24, 2.45) is 5.92 Å². The van der Waals surface area contributed by atoms with E-state index in [2.05, 4.69) is 21.2 Å². The fourth-order valence-electron chi connectivity index (χ4n) is 2.49. The fourth-order valence-corrected chi connectivity index (χ4v) is 2.95. The summed E-state index contributed by atoms with van der Waals surface area (Å²) < 4.78 is 2.84. The summed E-state index contributed by atoms with van der Waals surface area (Å²) in [6.45, 7) is 3.44. The first-order valence-corrected chi connectivity index (χ1v) is 7.21. The SMILES string of the molecule is CCn1cc(Br)cc1C(=O)NCC1CCC(O)C1. The van der Waals surface area contributed by atoms with E-state index in [0.717, 1.165) is 30.3 Å². The van der Waals surface area contributed by atoms with Crippen LogP contribution < -0.4 is 5.32 Å². The van der Waals surface area contributed by atoms with Gasteiger partial charge in [0.2, 0.25) is 0 Å². The maximum atomic E-state index is 12.1. The topological polar surface area (TPSA) is 54.3 Å². The van der Waals surface area contributed by atoms with Crippen molar-refractivity contribution in [1.29, 1.82) is 0 Å². The molecule has 1 aliphatic rings. The van der Waals surface area contributed by atoms with Gasteiger partial charge in [-0.25, -0.2) is 0 Å². The van der Waals surface area contributed by atoms with Gasteiger partial charge in [-0.1, -0.05) is 0 Å². The van der Waals surface area contributed by atoms with Crippen LogP contribution in [0.5, 0.6) is 0 Å². The van der Waals surface area contributed by atoms with E-state index in [1.54, 1.807) is 0 Å². The molecule has 0 radical (unpaired) electrons. The first-order chi connectivity index (χ1) is 8.60. The molecule has 5 heteroatoms. The Labute approximate surface area is 116 Å². The summed E-state index contributed by atoms with van der Waals surface area (Å²) in [6.07, 6.45) is 4.39. The Kier molecular flexibility index (Phi) is 4.45. The number of aromatic nitrogens is 1. The predicted octanol–water partition coefficient (Wildman–Crippen LogP) is 2.16. The van der Waals surface area contributed by atoms with Gasteiger partial charge in [-0.05, 0) is 54.1 Å². The second kappa shape index (κ2) is 5.89. The van der Waals surface area contributed by atoms with Crippen molar-refractivity contribution in [1.82, 2.24) is 9.88 Å². The number of halogens is 1. The van der Waals surface area contributed by atoms with E-state index in [4.69, 9.17) is 0 Å². The highest BCUT2D eigenvalue weighted by atomic mass is 79.9. The molecule has 1 aliphatic carbocycles. The third-order valence-corrected chi connectivity index (χ3v) is 3.94. The molecule has 0 aliphatic heterocycles. The Hall–Kier alpha value is -0.810. The summed E-state index contributed by atoms with van der Waals surface area (Å²) in [7, 11) is 0. The quantitative estimate of drug-likeness (QED) is 0.895. The first-order valence-electron chi connectivity index (χ1n) is 6.42. The van der Waals surface area contributed by atoms with Gasteiger partial charge in [-0.3, -0.25) is 4.79 Å². The minimum Gasteiger partial charge on any atom is -0.393 e. The lowest BCUT2D eigenvalue weighted by Crippen LogP contribution is -2.30. The Morgan fingerprint density at radius 3 is 3.00 bits per heavy atom. The molecule has 100 valence electrons. The largest absolute Gasteiger partial charge is 0.393 e. The zero-order valence-corrected chi connectivity index (χ0v) is 12.1. The molecule has 4 nitrogen and oxygen atoms in total. The molecule has 1 aromatic heterocycles. The van der Waals surface area contributed by atoms with E-state index in [0.29, 0.717) is 18.2 Å². The van der Waals surface area contributed by atoms with Crippen LogP contribution >= 0.6 is 15.9 Å². The highest BCUT2D eigenvalue weighted by molar-refractivity contribution is 9.10. The molecule has 1 aromatic rings. The third-order valence-electron chi connectivity index (χ3n) is 3.50. The monoisotopic (exact) mass is 314 g/mol. The van der Waals surface area contributed by atoms with Crippen LogP contribution in [0.1, 0.15) is 36.7 Å². The molecule has 1 fully saturated rings. The second-order valence-corrected chi connectivity index (χ2v) is 5.79. The molecule has 18 heavy (non-hydrogen) atoms. The van der Waals surface area contributed by atoms with Crippen LogP contribution in [0.15, 0.2) is 16.7 Å². The normalized spacial score (nSPS) is 23.3. The summed E-state index contributed by atoms with van der Waals surface area (Å²) in [5.74, 6) is 0.376. The Balaban J connectivity index is 1.91. The molecule has 2 rings (SSSR count). The van der Waals surface area contributed by atoms with E-state index >= 15 is 0 Å². The first kappa shape index (κ1) is 13.6. The van der Waals surface area contributed by atoms with E-state index in [9.17, 15) is 9.90 Å². The average Bonchev–Trinajstić information content (AvgIpc) is 2.92. The lowest BCUT2D eigenvalue weighted by Gasteiger charge is -2.11. The van der Waals surface area contributed by atoms with Crippen molar-refractivity contribution in [3.05, 3.63) is 22.4 Å². The van der Waals surface area contributed by atoms with Gasteiger partial charge in [0.25, 0.3) is 5.91 Å². The molecule has 1 heterocycles. The number of amides is 1. The van der Waals surface area contributed by atoms with Crippen molar-refractivity contribution in [3.63, 3.8) is 0 Å². The Bertz CT molecular complexity index is 431. The number of carbonyl (C=O) groups is 1. The molecule has 2 unspecified atom stereocenters. The summed E-state index contributed by atoms with van der Waals surface area (Å²) in [5.41, 5.74) is 0.683. The number of rotatable bonds is 4. The van der Waals surface area contributed by atoms with Crippen LogP contribution in [0.2, 0.25) is 0 Å². The zero-order chi connectivity index (χ0) is 13.1. The average molecular weight is 315 g/mol. The van der Waals surface area contributed by atoms with E-state index in [-0.39, 0.29) is 12.0 Å². The summed E-state index contributed by atoms with van der Waals surface area (Å²) in [6, 6.07) is 1.84. The van der Waals surface area contributed by atoms with Crippen LogP contribution in [0.4, 0.5) is 0 Å². The number of hydrogen-bond acceptors (Lipinski definition) is 2. The van der Waals surface area contributed by atoms with Crippen molar-refractivity contribution in [2.75, 3.05) is 6.54 Å². The molecule has 0 bridgehead atoms. The number of hydrogen-bond donors (Lipinski definition) is 2. The number of aryl methyl sites for hydroxylation is 1. The molecule has 1 saturated carbocycles. The lowest BCUT2D eigenvalue weighted by atomic mass is 10.1. The Morgan fingerprint density at radius 2 is 2.39 bits per heavy atom. The molecule has 0 saturated heterocycles. The van der Waals surface area contributed by atoms with Crippen LogP contribution in [-0.4, -0.2) is 28.2 Å². The van der Waals surface area contributed by atoms with Gasteiger partial charge in [0.15, 0.2) is 0 Å². The number of nitrogens with one attached hydrogen (secondary N) is 1. The molecule has 0 spiro atoms. The number of aliphatic hydroxyl groups is 1. The van der Waals surface area contributed by atoms with E-state index < -0.39 is 0 Å². The molecule has 2 N–H and O–H groups in total. The van der Waals surface area contributed by atoms with Gasteiger partial charge < -0.3 is 15.0 Å². The van der Waals surface area contributed by atoms with Crippen LogP contribution in [0, 0.1) is 5.92 Å². The van der Waals surface area contributed by atoms with Crippen LogP contribution in [-0.2, 0) is 6.54 Å². The standard InChI is InChI=1S/C13H19BrN2O2/c1-2-16-8-10(14)6-12(16)13(18)15-7-9-3-4-11(17)5-9/h6,8-9,11,17H,2-5,7H2,1H3,(H,15,18). The molecule has 2 atom stereocenters. The molecular weight excluding hydrogens is 296 g/mol. The number of aliphatic hydroxyl groups excluding tert-OH is 1. The van der Waals surface area contributed by atoms with Gasteiger partial charge in [-0.2, -0.15) is 0 Å². The summed E-state index contributed by atoms with van der Waals surface area (Å²) in [4.78, 5) is 12.1. The van der Waals surface area contributed by atoms with Gasteiger partial charge >= 0.3 is 0 Å². The van der Waals surface area contributed by atoms with Gasteiger partial charge in [0, 0.05) is 23.8 Å². The predicted molar refractivity (Wildman–Crippen MR) is 73.5 cm³/mol. The summed E-state index contributed by atoms with van der Waals surface area (Å²) >= 11 is 3.38. The van der Waals surface area contributed by atoms with Crippen molar-refractivity contribution in [2.45, 2.75) is 38.8 Å². The van der Waals surface area contributed by atoms with Crippen LogP contribution in [0.3, 0.4) is 0 Å². The van der Waals surface area contributed by atoms with Crippen molar-refractivity contribution in [3.8, 4) is 0 Å². The maximum Gasteiger partial charge on any atom is 0.267 e. The third kappa shape index (κ3) is 3.14. The zero-order valence-electron chi connectivity index (χ0n) is 10.5. The highest BCUT2D eigenvalue weighted by Crippen LogP contribution is 2.24. The molecule has 1 amide bonds. The van der Waals surface area contributed by atoms with Crippen LogP contribution in [0.25, 0.3) is 0 Å². The smallest absolute Gasteiger partial charge is 0.267 e. The van der Waals surface area contributed by atoms with Crippen molar-refractivity contribution < 1.29 is 9.90 Å². The molecule has 0 aromatic carbocycles. The number of carbonyl (C=O) groups excluding carboxylic acids is 1. The van der Waals surface area contributed by atoms with E-state index in [1.165, 1.54) is 0 Å². The fraction of sp³-hybridized carbons (Fsp3) is 0.615. The van der Waals surface area contributed by atoms with Gasteiger partial charge in [0.1, 0.15) is 5.69 Å². The minimum absolute atomic E-state index is 0.0380. The summed E-state index contributed by atoms with van der Waals surface area (Å²) in [5, 5.41) is 12.4. The van der Waals surface area contributed by atoms with Crippen molar-refractivity contribution >= 4 is 21.8 Å². The van der Waals surface area contributed by atoms with E-state index in [1.807, 2.05) is 23.8 Å². The minimum atomic E-state index is -0.180. The van der Waals surface area contributed by atoms with Gasteiger partial charge in [0.05, 0.1) is 6.10 Å². The number of nitrogens with zero attached hydrogens (tertiary/aromatic N) is 1. The highest BCUT2D eigenvalue weighted by Gasteiger charge is 2.23. The maximum absolute atomic E-state index is 12.1. The molecular formula is C13H19BrN2O2. The van der Waals surface area contributed by atoms with Gasteiger partial charge in [-0.15, -0.1) is 0 Å². The lowest BCUT2D eigenvalue weighted by molar-refractivity contribution is 0.0936. The second-order valence-electron chi connectivity index (χ2n) is 4.87.